The van der Waals surface area contributed by atoms with Gasteiger partial charge in [-0.2, -0.15) is 4.39 Å². The number of ether oxygens (including phenoxy) is 3. The maximum atomic E-state index is 15.2. The molecule has 19 heteroatoms. The number of nitrogens with one attached hydrogen (secondary N) is 1. The van der Waals surface area contributed by atoms with Crippen molar-refractivity contribution >= 4 is 64.2 Å². The van der Waals surface area contributed by atoms with Crippen LogP contribution in [0.4, 0.5) is 32.0 Å². The van der Waals surface area contributed by atoms with Crippen LogP contribution in [-0.4, -0.2) is 52.0 Å². The third-order valence-electron chi connectivity index (χ3n) is 4.81. The minimum atomic E-state index is -5.25. The molecule has 1 heterocycles. The predicted molar refractivity (Wildman–Crippen MR) is 144 cm³/mol. The summed E-state index contributed by atoms with van der Waals surface area (Å²) in [5, 5.41) is -0.368. The van der Waals surface area contributed by atoms with Crippen LogP contribution < -0.4 is 25.3 Å². The quantitative estimate of drug-likeness (QED) is 0.281. The molecule has 0 saturated carbocycles. The molecule has 0 atom stereocenters. The molecule has 41 heavy (non-hydrogen) atoms. The number of halogens is 8. The van der Waals surface area contributed by atoms with Gasteiger partial charge in [0, 0.05) is 23.2 Å². The van der Waals surface area contributed by atoms with Gasteiger partial charge in [0.25, 0.3) is 18.2 Å². The molecular formula is C22H16B3Cl2F6N3O5. The van der Waals surface area contributed by atoms with E-state index in [2.05, 4.69) is 15.0 Å². The molecule has 0 aliphatic carbocycles. The second-order valence-corrected chi connectivity index (χ2v) is 9.86. The summed E-state index contributed by atoms with van der Waals surface area (Å²) in [6.07, 6.45) is -7.37. The molecule has 0 aliphatic heterocycles. The van der Waals surface area contributed by atoms with Crippen molar-refractivity contribution in [3.63, 3.8) is 0 Å². The summed E-state index contributed by atoms with van der Waals surface area (Å²) in [4.78, 5) is 28.4. The molecule has 214 valence electrons. The Hall–Kier alpha value is -3.72. The first-order valence-corrected chi connectivity index (χ1v) is 12.0. The molecule has 0 unspecified atom stereocenters. The lowest BCUT2D eigenvalue weighted by atomic mass is 9.52. The second kappa shape index (κ2) is 12.0. The lowest BCUT2D eigenvalue weighted by Crippen LogP contribution is -2.38. The van der Waals surface area contributed by atoms with Gasteiger partial charge in [-0.1, -0.05) is 23.2 Å². The number of carbonyl (C=O) groups is 2. The molecule has 0 aliphatic rings. The number of hydrogen-bond acceptors (Lipinski definition) is 6. The Morgan fingerprint density at radius 2 is 1.63 bits per heavy atom. The van der Waals surface area contributed by atoms with E-state index in [1.807, 2.05) is 0 Å². The van der Waals surface area contributed by atoms with Gasteiger partial charge >= 0.3 is 6.36 Å². The first-order chi connectivity index (χ1) is 18.9. The fourth-order valence-electron chi connectivity index (χ4n) is 3.27. The molecule has 0 bridgehead atoms. The molecule has 2 aromatic carbocycles. The van der Waals surface area contributed by atoms with E-state index in [-0.39, 0.29) is 11.4 Å². The van der Waals surface area contributed by atoms with Gasteiger partial charge in [-0.15, -0.1) is 13.2 Å². The molecule has 0 radical (unpaired) electrons. The number of nitrogens with zero attached hydrogens (tertiary/aromatic N) is 1. The molecule has 3 aromatic rings. The number of hydrogen-bond donors (Lipinski definition) is 2. The van der Waals surface area contributed by atoms with E-state index in [9.17, 15) is 31.5 Å². The Labute approximate surface area is 240 Å². The van der Waals surface area contributed by atoms with E-state index in [0.29, 0.717) is 6.07 Å². The SMILES string of the molecule is BC(B)(B)Oc1c(Oc2cc(Cl)c(C(F)F)c(Cl)c2C(=O)Nc2ccnc(C(N)=O)c2)ccc(OC(F)(F)F)c1F. The zero-order valence-corrected chi connectivity index (χ0v) is 22.6. The van der Waals surface area contributed by atoms with Crippen LogP contribution in [0.1, 0.15) is 32.8 Å². The van der Waals surface area contributed by atoms with E-state index in [0.717, 1.165) is 24.4 Å². The zero-order valence-electron chi connectivity index (χ0n) is 21.1. The van der Waals surface area contributed by atoms with Gasteiger partial charge < -0.3 is 25.3 Å². The van der Waals surface area contributed by atoms with E-state index in [1.54, 1.807) is 0 Å². The largest absolute Gasteiger partial charge is 0.573 e. The van der Waals surface area contributed by atoms with Crippen molar-refractivity contribution in [2.45, 2.75) is 18.1 Å². The second-order valence-electron chi connectivity index (χ2n) is 9.08. The summed E-state index contributed by atoms with van der Waals surface area (Å²) in [5.41, 5.74) is 3.22. The van der Waals surface area contributed by atoms with E-state index in [1.165, 1.54) is 29.6 Å². The van der Waals surface area contributed by atoms with Crippen molar-refractivity contribution in [2.75, 3.05) is 5.32 Å². The van der Waals surface area contributed by atoms with Crippen LogP contribution in [-0.2, 0) is 0 Å². The highest BCUT2D eigenvalue weighted by Crippen LogP contribution is 2.46. The smallest absolute Gasteiger partial charge is 0.508 e. The summed E-state index contributed by atoms with van der Waals surface area (Å²) in [6, 6.07) is 4.52. The van der Waals surface area contributed by atoms with Gasteiger partial charge in [-0.25, -0.2) is 8.78 Å². The van der Waals surface area contributed by atoms with Crippen molar-refractivity contribution in [1.29, 1.82) is 0 Å². The Morgan fingerprint density at radius 3 is 2.20 bits per heavy atom. The fourth-order valence-corrected chi connectivity index (χ4v) is 3.95. The molecule has 1 aromatic heterocycles. The number of pyridine rings is 1. The first-order valence-electron chi connectivity index (χ1n) is 11.2. The van der Waals surface area contributed by atoms with Crippen LogP contribution in [0.15, 0.2) is 36.5 Å². The van der Waals surface area contributed by atoms with Gasteiger partial charge in [-0.3, -0.25) is 14.6 Å². The van der Waals surface area contributed by atoms with Crippen LogP contribution in [0.5, 0.6) is 23.0 Å². The minimum absolute atomic E-state index is 0.0502. The van der Waals surface area contributed by atoms with Gasteiger partial charge in [0.15, 0.2) is 17.2 Å². The van der Waals surface area contributed by atoms with E-state index < -0.39 is 79.9 Å². The summed E-state index contributed by atoms with van der Waals surface area (Å²) >= 11 is 12.1. The number of nitrogens with two attached hydrogens (primary N) is 1. The van der Waals surface area contributed by atoms with Gasteiger partial charge in [-0.05, 0) is 24.3 Å². The maximum absolute atomic E-state index is 15.2. The average molecular weight is 620 g/mol. The number of primary amides is 1. The molecule has 0 spiro atoms. The maximum Gasteiger partial charge on any atom is 0.573 e. The van der Waals surface area contributed by atoms with Crippen LogP contribution in [0.25, 0.3) is 0 Å². The third-order valence-corrected chi connectivity index (χ3v) is 5.52. The number of alkyl halides is 5. The summed E-state index contributed by atoms with van der Waals surface area (Å²) in [6.45, 7) is 0. The Kier molecular flexibility index (Phi) is 9.33. The zero-order chi connectivity index (χ0) is 30.9. The number of benzene rings is 2. The summed E-state index contributed by atoms with van der Waals surface area (Å²) in [5.74, 6) is -7.00. The monoisotopic (exact) mass is 619 g/mol. The molecule has 2 amide bonds. The van der Waals surface area contributed by atoms with E-state index >= 15 is 4.39 Å². The molecular weight excluding hydrogens is 604 g/mol. The van der Waals surface area contributed by atoms with Crippen LogP contribution in [0.2, 0.25) is 10.0 Å². The molecule has 8 nitrogen and oxygen atoms in total. The predicted octanol–water partition coefficient (Wildman–Crippen LogP) is 3.40. The van der Waals surface area contributed by atoms with Crippen molar-refractivity contribution in [3.05, 3.63) is 69.2 Å². The number of anilines is 1. The van der Waals surface area contributed by atoms with Gasteiger partial charge in [0.05, 0.1) is 15.6 Å². The lowest BCUT2D eigenvalue weighted by molar-refractivity contribution is -0.275. The van der Waals surface area contributed by atoms with Gasteiger partial charge in [0.2, 0.25) is 5.82 Å². The lowest BCUT2D eigenvalue weighted by Gasteiger charge is -2.25. The molecule has 0 fully saturated rings. The standard InChI is InChI=1S/C22H16B3Cl2F6N3O5/c23-21(24,25)41-17-11(2-1-10(16(17)28)40-22(31,32)33)39-12-6-8(26)13(18(29)30)15(27)14(12)20(38)36-7-3-4-35-9(5-7)19(34)37/h1-6,18H,23-25H2,(H2,34,37)(H,35,36,38). The number of amides is 2. The van der Waals surface area contributed by atoms with Gasteiger partial charge in [0.1, 0.15) is 40.5 Å². The Morgan fingerprint density at radius 1 is 1.00 bits per heavy atom. The first kappa shape index (κ1) is 31.8. The Balaban J connectivity index is 2.17. The molecule has 0 saturated heterocycles. The highest BCUT2D eigenvalue weighted by atomic mass is 35.5. The summed E-state index contributed by atoms with van der Waals surface area (Å²) in [7, 11) is 4.35. The summed E-state index contributed by atoms with van der Waals surface area (Å²) < 4.78 is 95.8. The number of aromatic nitrogens is 1. The van der Waals surface area contributed by atoms with E-state index in [4.69, 9.17) is 38.4 Å². The number of rotatable bonds is 9. The Bertz CT molecular complexity index is 1510. The van der Waals surface area contributed by atoms with Crippen LogP contribution in [0, 0.1) is 5.82 Å². The normalized spacial score (nSPS) is 11.7. The van der Waals surface area contributed by atoms with Crippen molar-refractivity contribution < 1.29 is 50.1 Å². The van der Waals surface area contributed by atoms with Crippen molar-refractivity contribution in [3.8, 4) is 23.0 Å². The highest BCUT2D eigenvalue weighted by Gasteiger charge is 2.35. The van der Waals surface area contributed by atoms with Crippen LogP contribution >= 0.6 is 23.2 Å². The minimum Gasteiger partial charge on any atom is -0.508 e. The number of carbonyl (C=O) groups excluding carboxylic acids is 2. The third kappa shape index (κ3) is 7.94. The van der Waals surface area contributed by atoms with Crippen molar-refractivity contribution in [2.24, 2.45) is 5.73 Å². The fraction of sp³-hybridized carbons (Fsp3) is 0.136. The molecule has 3 rings (SSSR count). The highest BCUT2D eigenvalue weighted by molar-refractivity contribution is 6.58. The topological polar surface area (TPSA) is 113 Å². The molecule has 3 N–H and O–H groups in total. The van der Waals surface area contributed by atoms with Crippen molar-refractivity contribution in [1.82, 2.24) is 4.98 Å². The van der Waals surface area contributed by atoms with Crippen LogP contribution in [0.3, 0.4) is 0 Å². The average Bonchev–Trinajstić information content (AvgIpc) is 2.81.